The molecule has 0 aliphatic heterocycles. The number of esters is 2. The Kier molecular flexibility index (Phi) is 13.7. The predicted molar refractivity (Wildman–Crippen MR) is 138 cm³/mol. The minimum absolute atomic E-state index is 0.0344. The molecule has 0 spiro atoms. The Hall–Kier alpha value is -0.650. The number of alkyl halides is 6. The van der Waals surface area contributed by atoms with E-state index >= 15 is 0 Å². The number of carbonyl (C=O) groups is 2. The molecular formula is C19H19BrCl6N4O4. The third-order valence-electron chi connectivity index (χ3n) is 3.41. The number of nitrogens with one attached hydrogen (secondary N) is 1. The van der Waals surface area contributed by atoms with Gasteiger partial charge in [-0.2, -0.15) is 0 Å². The second-order valence-electron chi connectivity index (χ2n) is 6.00. The van der Waals surface area contributed by atoms with Gasteiger partial charge in [0.2, 0.25) is 7.59 Å². The molecule has 0 radical (unpaired) electrons. The van der Waals surface area contributed by atoms with Crippen LogP contribution in [-0.2, 0) is 26.6 Å². The Balaban J connectivity index is 0.000000385. The van der Waals surface area contributed by atoms with E-state index < -0.39 is 7.59 Å². The first-order valence-corrected chi connectivity index (χ1v) is 12.5. The van der Waals surface area contributed by atoms with Gasteiger partial charge in [0.25, 0.3) is 0 Å². The number of hydrogen-bond acceptors (Lipinski definition) is 8. The Morgan fingerprint density at radius 1 is 0.853 bits per heavy atom. The summed E-state index contributed by atoms with van der Waals surface area (Å²) < 4.78 is 6.26. The maximum absolute atomic E-state index is 10.7. The van der Waals surface area contributed by atoms with Gasteiger partial charge in [-0.15, -0.1) is 0 Å². The third-order valence-corrected chi connectivity index (χ3v) is 5.11. The zero-order valence-electron chi connectivity index (χ0n) is 17.8. The average Bonchev–Trinajstić information content (AvgIpc) is 2.73. The van der Waals surface area contributed by atoms with E-state index in [-0.39, 0.29) is 42.5 Å². The van der Waals surface area contributed by atoms with Crippen LogP contribution < -0.4 is 5.32 Å². The van der Waals surface area contributed by atoms with Crippen molar-refractivity contribution < 1.29 is 19.1 Å². The van der Waals surface area contributed by atoms with Gasteiger partial charge in [-0.25, -0.2) is 15.0 Å². The molecule has 0 fully saturated rings. The van der Waals surface area contributed by atoms with Crippen LogP contribution in [0.4, 0.5) is 0 Å². The second-order valence-corrected chi connectivity index (χ2v) is 11.4. The summed E-state index contributed by atoms with van der Waals surface area (Å²) in [4.78, 5) is 33.6. The van der Waals surface area contributed by atoms with E-state index in [1.54, 1.807) is 26.0 Å². The molecule has 188 valence electrons. The third kappa shape index (κ3) is 11.4. The van der Waals surface area contributed by atoms with Gasteiger partial charge in [0.05, 0.1) is 26.3 Å². The molecule has 0 amide bonds. The van der Waals surface area contributed by atoms with Crippen LogP contribution in [-0.4, -0.2) is 53.2 Å². The van der Waals surface area contributed by atoms with Crippen LogP contribution >= 0.6 is 85.5 Å². The molecule has 1 heterocycles. The molecule has 0 bridgehead atoms. The molecule has 1 aromatic carbocycles. The van der Waals surface area contributed by atoms with Gasteiger partial charge in [0.15, 0.2) is 17.5 Å². The monoisotopic (exact) mass is 656 g/mol. The van der Waals surface area contributed by atoms with Crippen molar-refractivity contribution in [1.82, 2.24) is 20.3 Å². The number of ether oxygens (including phenoxy) is 2. The Bertz CT molecular complexity index is 922. The SMILES string of the molecule is CCOC(=O)CNCC(=O)OCC.ClC(Cl)(Cl)c1nc(-c2ccccc2Br)nc(C(Cl)(Cl)Cl)n1. The highest BCUT2D eigenvalue weighted by Crippen LogP contribution is 2.41. The van der Waals surface area contributed by atoms with Gasteiger partial charge >= 0.3 is 11.9 Å². The smallest absolute Gasteiger partial charge is 0.319 e. The lowest BCUT2D eigenvalue weighted by molar-refractivity contribution is -0.143. The Morgan fingerprint density at radius 3 is 1.68 bits per heavy atom. The Morgan fingerprint density at radius 2 is 1.29 bits per heavy atom. The number of hydrogen-bond donors (Lipinski definition) is 1. The highest BCUT2D eigenvalue weighted by molar-refractivity contribution is 9.10. The fraction of sp³-hybridized carbons (Fsp3) is 0.421. The van der Waals surface area contributed by atoms with Gasteiger partial charge < -0.3 is 9.47 Å². The van der Waals surface area contributed by atoms with Gasteiger partial charge in [0.1, 0.15) is 0 Å². The molecule has 2 rings (SSSR count). The van der Waals surface area contributed by atoms with E-state index in [4.69, 9.17) is 69.6 Å². The molecule has 0 saturated carbocycles. The van der Waals surface area contributed by atoms with E-state index in [0.29, 0.717) is 18.8 Å². The summed E-state index contributed by atoms with van der Waals surface area (Å²) in [6.07, 6.45) is 0. The molecular weight excluding hydrogens is 641 g/mol. The molecule has 1 aromatic heterocycles. The second kappa shape index (κ2) is 14.8. The first-order chi connectivity index (χ1) is 15.8. The summed E-state index contributed by atoms with van der Waals surface area (Å²) in [5.41, 5.74) is 0.644. The molecule has 0 saturated heterocycles. The van der Waals surface area contributed by atoms with Crippen molar-refractivity contribution in [3.63, 3.8) is 0 Å². The van der Waals surface area contributed by atoms with Crippen LogP contribution in [0.2, 0.25) is 0 Å². The lowest BCUT2D eigenvalue weighted by Gasteiger charge is -2.16. The summed E-state index contributed by atoms with van der Waals surface area (Å²) in [6.45, 7) is 4.21. The highest BCUT2D eigenvalue weighted by atomic mass is 79.9. The summed E-state index contributed by atoms with van der Waals surface area (Å²) >= 11 is 38.3. The lowest BCUT2D eigenvalue weighted by Crippen LogP contribution is -2.30. The lowest BCUT2D eigenvalue weighted by atomic mass is 10.2. The number of carbonyl (C=O) groups excluding carboxylic acids is 2. The molecule has 34 heavy (non-hydrogen) atoms. The Labute approximate surface area is 235 Å². The van der Waals surface area contributed by atoms with Crippen molar-refractivity contribution in [2.75, 3.05) is 26.3 Å². The minimum Gasteiger partial charge on any atom is -0.465 e. The maximum atomic E-state index is 10.7. The van der Waals surface area contributed by atoms with Crippen molar-refractivity contribution >= 4 is 97.5 Å². The van der Waals surface area contributed by atoms with Crippen molar-refractivity contribution in [1.29, 1.82) is 0 Å². The number of halogens is 7. The molecule has 0 aliphatic carbocycles. The largest absolute Gasteiger partial charge is 0.465 e. The zero-order valence-corrected chi connectivity index (χ0v) is 23.9. The van der Waals surface area contributed by atoms with Gasteiger partial charge in [-0.3, -0.25) is 14.9 Å². The van der Waals surface area contributed by atoms with Crippen molar-refractivity contribution in [3.8, 4) is 11.4 Å². The topological polar surface area (TPSA) is 103 Å². The van der Waals surface area contributed by atoms with Crippen LogP contribution in [0.25, 0.3) is 11.4 Å². The molecule has 0 unspecified atom stereocenters. The van der Waals surface area contributed by atoms with Gasteiger partial charge in [-0.05, 0) is 19.9 Å². The zero-order chi connectivity index (χ0) is 25.9. The van der Waals surface area contributed by atoms with Gasteiger partial charge in [0, 0.05) is 10.0 Å². The van der Waals surface area contributed by atoms with E-state index in [2.05, 4.69) is 45.7 Å². The molecule has 8 nitrogen and oxygen atoms in total. The first kappa shape index (κ1) is 31.4. The van der Waals surface area contributed by atoms with E-state index in [9.17, 15) is 9.59 Å². The van der Waals surface area contributed by atoms with Gasteiger partial charge in [-0.1, -0.05) is 104 Å². The highest BCUT2D eigenvalue weighted by Gasteiger charge is 2.34. The molecule has 2 aromatic rings. The van der Waals surface area contributed by atoms with E-state index in [0.717, 1.165) is 4.47 Å². The number of rotatable bonds is 7. The van der Waals surface area contributed by atoms with E-state index in [1.807, 2.05) is 12.1 Å². The number of benzene rings is 1. The normalized spacial score (nSPS) is 11.3. The quantitative estimate of drug-likeness (QED) is 0.300. The summed E-state index contributed by atoms with van der Waals surface area (Å²) in [7, 11) is 0. The van der Waals surface area contributed by atoms with Crippen LogP contribution in [0.3, 0.4) is 0 Å². The van der Waals surface area contributed by atoms with Crippen molar-refractivity contribution in [3.05, 3.63) is 40.4 Å². The fourth-order valence-electron chi connectivity index (χ4n) is 2.08. The average molecular weight is 660 g/mol. The summed E-state index contributed by atoms with van der Waals surface area (Å²) in [6, 6.07) is 7.21. The predicted octanol–water partition coefficient (Wildman–Crippen LogP) is 5.66. The van der Waals surface area contributed by atoms with Crippen LogP contribution in [0.15, 0.2) is 28.7 Å². The number of aromatic nitrogens is 3. The van der Waals surface area contributed by atoms with Crippen LogP contribution in [0.5, 0.6) is 0 Å². The minimum atomic E-state index is -1.87. The van der Waals surface area contributed by atoms with Crippen molar-refractivity contribution in [2.45, 2.75) is 21.4 Å². The van der Waals surface area contributed by atoms with Crippen LogP contribution in [0.1, 0.15) is 25.5 Å². The summed E-state index contributed by atoms with van der Waals surface area (Å²) in [5, 5.41) is 2.61. The molecule has 0 atom stereocenters. The maximum Gasteiger partial charge on any atom is 0.319 e. The standard InChI is InChI=1S/C11H4BrCl6N3.C8H15NO4/c12-6-4-2-1-3-5(6)7-19-8(10(13,14)15)21-9(20-7)11(16,17)18;1-3-12-7(10)5-9-6-8(11)13-4-2/h1-4H;9H,3-6H2,1-2H3. The van der Waals surface area contributed by atoms with Crippen molar-refractivity contribution in [2.24, 2.45) is 0 Å². The van der Waals surface area contributed by atoms with Crippen LogP contribution in [0, 0.1) is 0 Å². The summed E-state index contributed by atoms with van der Waals surface area (Å²) in [5.74, 6) is -0.775. The fourth-order valence-corrected chi connectivity index (χ4v) is 3.05. The molecule has 0 aliphatic rings. The molecule has 15 heteroatoms. The first-order valence-electron chi connectivity index (χ1n) is 9.46. The molecule has 1 N–H and O–H groups in total. The van der Waals surface area contributed by atoms with E-state index in [1.165, 1.54) is 0 Å². The number of nitrogens with zero attached hydrogens (tertiary/aromatic N) is 3.